The lowest BCUT2D eigenvalue weighted by atomic mass is 10.2. The number of halogens is 3. The Morgan fingerprint density at radius 2 is 2.13 bits per heavy atom. The van der Waals surface area contributed by atoms with Gasteiger partial charge in [0.25, 0.3) is 0 Å². The molecule has 0 radical (unpaired) electrons. The summed E-state index contributed by atoms with van der Waals surface area (Å²) in [6.45, 7) is 0.483. The van der Waals surface area contributed by atoms with E-state index in [2.05, 4.69) is 42.2 Å². The van der Waals surface area contributed by atoms with E-state index >= 15 is 0 Å². The first kappa shape index (κ1) is 10.8. The van der Waals surface area contributed by atoms with Crippen molar-refractivity contribution in [2.75, 3.05) is 0 Å². The molecule has 0 unspecified atom stereocenters. The molecule has 78 valence electrons. The Hall–Kier alpha value is -0.750. The lowest BCUT2D eigenvalue weighted by Crippen LogP contribution is -2.02. The monoisotopic (exact) mass is 333 g/mol. The molecule has 1 aromatic carbocycles. The van der Waals surface area contributed by atoms with Crippen LogP contribution >= 0.6 is 31.9 Å². The molecule has 3 nitrogen and oxygen atoms in total. The van der Waals surface area contributed by atoms with E-state index < -0.39 is 0 Å². The molecule has 0 saturated carbocycles. The maximum atomic E-state index is 12.9. The summed E-state index contributed by atoms with van der Waals surface area (Å²) < 4.78 is 15.9. The molecular formula is C9H6Br2FN3. The van der Waals surface area contributed by atoms with E-state index in [1.807, 2.05) is 6.07 Å². The second kappa shape index (κ2) is 4.40. The van der Waals surface area contributed by atoms with Gasteiger partial charge in [0.05, 0.1) is 6.54 Å². The van der Waals surface area contributed by atoms with E-state index in [0.717, 1.165) is 10.2 Å². The predicted octanol–water partition coefficient (Wildman–Crippen LogP) is 2.99. The highest BCUT2D eigenvalue weighted by Gasteiger charge is 2.07. The Labute approximate surface area is 103 Å². The third-order valence-corrected chi connectivity index (χ3v) is 3.71. The Balaban J connectivity index is 2.26. The summed E-state index contributed by atoms with van der Waals surface area (Å²) in [7, 11) is 0. The van der Waals surface area contributed by atoms with Gasteiger partial charge < -0.3 is 0 Å². The lowest BCUT2D eigenvalue weighted by Gasteiger charge is -2.02. The van der Waals surface area contributed by atoms with Crippen LogP contribution in [0.15, 0.2) is 33.5 Å². The molecule has 6 heteroatoms. The van der Waals surface area contributed by atoms with Crippen molar-refractivity contribution in [3.05, 3.63) is 44.9 Å². The fraction of sp³-hybridized carbons (Fsp3) is 0.111. The van der Waals surface area contributed by atoms with Gasteiger partial charge >= 0.3 is 0 Å². The van der Waals surface area contributed by atoms with Crippen LogP contribution in [0.5, 0.6) is 0 Å². The molecular weight excluding hydrogens is 329 g/mol. The second-order valence-electron chi connectivity index (χ2n) is 2.96. The minimum Gasteiger partial charge on any atom is -0.233 e. The van der Waals surface area contributed by atoms with Crippen molar-refractivity contribution in [1.29, 1.82) is 0 Å². The molecule has 0 aliphatic heterocycles. The van der Waals surface area contributed by atoms with Gasteiger partial charge in [-0.1, -0.05) is 17.3 Å². The van der Waals surface area contributed by atoms with Crippen molar-refractivity contribution in [2.24, 2.45) is 0 Å². The van der Waals surface area contributed by atoms with Gasteiger partial charge in [0.1, 0.15) is 10.4 Å². The maximum Gasteiger partial charge on any atom is 0.162 e. The molecule has 0 amide bonds. The van der Waals surface area contributed by atoms with Crippen LogP contribution in [0.2, 0.25) is 0 Å². The SMILES string of the molecule is Fc1cccc(Cn2nnc(Br)c2Br)c1. The molecule has 0 spiro atoms. The molecule has 0 aliphatic carbocycles. The molecule has 2 aromatic rings. The third kappa shape index (κ3) is 2.43. The van der Waals surface area contributed by atoms with Gasteiger partial charge in [0.15, 0.2) is 4.60 Å². The number of benzene rings is 1. The van der Waals surface area contributed by atoms with Gasteiger partial charge in [-0.25, -0.2) is 9.07 Å². The minimum absolute atomic E-state index is 0.247. The molecule has 0 atom stereocenters. The Bertz CT molecular complexity index is 484. The van der Waals surface area contributed by atoms with Gasteiger partial charge in [-0.2, -0.15) is 0 Å². The Morgan fingerprint density at radius 3 is 2.73 bits per heavy atom. The first-order valence-electron chi connectivity index (χ1n) is 4.16. The van der Waals surface area contributed by atoms with Crippen molar-refractivity contribution < 1.29 is 4.39 Å². The van der Waals surface area contributed by atoms with E-state index in [-0.39, 0.29) is 5.82 Å². The molecule has 0 saturated heterocycles. The maximum absolute atomic E-state index is 12.9. The van der Waals surface area contributed by atoms with Crippen LogP contribution in [-0.4, -0.2) is 15.0 Å². The second-order valence-corrected chi connectivity index (χ2v) is 4.46. The highest BCUT2D eigenvalue weighted by molar-refractivity contribution is 9.13. The summed E-state index contributed by atoms with van der Waals surface area (Å²) in [5.41, 5.74) is 0.841. The molecule has 2 rings (SSSR count). The van der Waals surface area contributed by atoms with Gasteiger partial charge in [-0.15, -0.1) is 5.10 Å². The molecule has 1 heterocycles. The Morgan fingerprint density at radius 1 is 1.33 bits per heavy atom. The zero-order valence-electron chi connectivity index (χ0n) is 7.49. The molecule has 0 aliphatic rings. The van der Waals surface area contributed by atoms with Crippen molar-refractivity contribution >= 4 is 31.9 Å². The molecule has 0 N–H and O–H groups in total. The van der Waals surface area contributed by atoms with E-state index in [1.54, 1.807) is 10.7 Å². The largest absolute Gasteiger partial charge is 0.233 e. The van der Waals surface area contributed by atoms with Crippen molar-refractivity contribution in [3.8, 4) is 0 Å². The van der Waals surface area contributed by atoms with E-state index in [1.165, 1.54) is 12.1 Å². The van der Waals surface area contributed by atoms with E-state index in [0.29, 0.717) is 11.1 Å². The van der Waals surface area contributed by atoms with Crippen LogP contribution in [0.3, 0.4) is 0 Å². The normalized spacial score (nSPS) is 10.6. The molecule has 15 heavy (non-hydrogen) atoms. The lowest BCUT2D eigenvalue weighted by molar-refractivity contribution is 0.610. The van der Waals surface area contributed by atoms with Crippen molar-refractivity contribution in [2.45, 2.75) is 6.54 Å². The third-order valence-electron chi connectivity index (χ3n) is 1.86. The summed E-state index contributed by atoms with van der Waals surface area (Å²) in [4.78, 5) is 0. The van der Waals surface area contributed by atoms with Gasteiger partial charge in [-0.3, -0.25) is 0 Å². The van der Waals surface area contributed by atoms with Crippen LogP contribution < -0.4 is 0 Å². The van der Waals surface area contributed by atoms with Gasteiger partial charge in [-0.05, 0) is 49.6 Å². The van der Waals surface area contributed by atoms with Crippen LogP contribution in [0.25, 0.3) is 0 Å². The fourth-order valence-electron chi connectivity index (χ4n) is 1.19. The van der Waals surface area contributed by atoms with Gasteiger partial charge in [0, 0.05) is 0 Å². The minimum atomic E-state index is -0.247. The van der Waals surface area contributed by atoms with Crippen LogP contribution in [-0.2, 0) is 6.54 Å². The molecule has 0 fully saturated rings. The van der Waals surface area contributed by atoms with Crippen LogP contribution in [0.1, 0.15) is 5.56 Å². The first-order valence-corrected chi connectivity index (χ1v) is 5.74. The van der Waals surface area contributed by atoms with Gasteiger partial charge in [0.2, 0.25) is 0 Å². The van der Waals surface area contributed by atoms with Crippen molar-refractivity contribution in [1.82, 2.24) is 15.0 Å². The zero-order chi connectivity index (χ0) is 10.8. The number of aromatic nitrogens is 3. The molecule has 1 aromatic heterocycles. The summed E-state index contributed by atoms with van der Waals surface area (Å²) >= 11 is 6.55. The van der Waals surface area contributed by atoms with E-state index in [9.17, 15) is 4.39 Å². The van der Waals surface area contributed by atoms with Crippen molar-refractivity contribution in [3.63, 3.8) is 0 Å². The topological polar surface area (TPSA) is 30.7 Å². The number of hydrogen-bond donors (Lipinski definition) is 0. The molecule has 0 bridgehead atoms. The number of hydrogen-bond acceptors (Lipinski definition) is 2. The summed E-state index contributed by atoms with van der Waals surface area (Å²) in [6, 6.07) is 6.40. The highest BCUT2D eigenvalue weighted by Crippen LogP contribution is 2.20. The standard InChI is InChI=1S/C9H6Br2FN3/c10-8-9(11)15(14-13-8)5-6-2-1-3-7(12)4-6/h1-4H,5H2. The first-order chi connectivity index (χ1) is 7.16. The predicted molar refractivity (Wildman–Crippen MR) is 60.9 cm³/mol. The highest BCUT2D eigenvalue weighted by atomic mass is 79.9. The summed E-state index contributed by atoms with van der Waals surface area (Å²) in [6.07, 6.45) is 0. The van der Waals surface area contributed by atoms with E-state index in [4.69, 9.17) is 0 Å². The summed E-state index contributed by atoms with van der Waals surface area (Å²) in [5.74, 6) is -0.247. The Kier molecular flexibility index (Phi) is 3.16. The number of rotatable bonds is 2. The quantitative estimate of drug-likeness (QED) is 0.845. The van der Waals surface area contributed by atoms with Crippen LogP contribution in [0, 0.1) is 5.82 Å². The zero-order valence-corrected chi connectivity index (χ0v) is 10.7. The smallest absolute Gasteiger partial charge is 0.162 e. The number of nitrogens with zero attached hydrogens (tertiary/aromatic N) is 3. The average molecular weight is 335 g/mol. The van der Waals surface area contributed by atoms with Crippen LogP contribution in [0.4, 0.5) is 4.39 Å². The fourth-order valence-corrected chi connectivity index (χ4v) is 1.74. The summed E-state index contributed by atoms with van der Waals surface area (Å²) in [5, 5.41) is 7.71. The average Bonchev–Trinajstić information content (AvgIpc) is 2.50.